The molecule has 0 unspecified atom stereocenters. The number of ether oxygens (including phenoxy) is 3. The molecule has 2 aromatic carbocycles. The smallest absolute Gasteiger partial charge is 0.319 e. The first-order chi connectivity index (χ1) is 12.6. The van der Waals surface area contributed by atoms with E-state index in [4.69, 9.17) is 14.2 Å². The molecule has 6 nitrogen and oxygen atoms in total. The summed E-state index contributed by atoms with van der Waals surface area (Å²) in [6, 6.07) is 13.0. The Hall–Kier alpha value is -2.73. The first-order valence-corrected chi connectivity index (χ1v) is 8.61. The molecule has 0 radical (unpaired) electrons. The number of carbonyl (C=O) groups is 1. The number of carbonyl (C=O) groups excluding carboxylic acids is 1. The number of methoxy groups -OCH3 is 1. The van der Waals surface area contributed by atoms with E-state index in [0.717, 1.165) is 16.9 Å². The van der Waals surface area contributed by atoms with E-state index < -0.39 is 0 Å². The first-order valence-electron chi connectivity index (χ1n) is 8.61. The summed E-state index contributed by atoms with van der Waals surface area (Å²) in [7, 11) is 1.64. The number of urea groups is 1. The zero-order valence-electron chi connectivity index (χ0n) is 15.5. The molecule has 0 fully saturated rings. The van der Waals surface area contributed by atoms with Gasteiger partial charge in [0.15, 0.2) is 0 Å². The maximum atomic E-state index is 12.2. The van der Waals surface area contributed by atoms with Gasteiger partial charge in [0.2, 0.25) is 0 Å². The van der Waals surface area contributed by atoms with Gasteiger partial charge in [0.25, 0.3) is 0 Å². The monoisotopic (exact) mass is 358 g/mol. The van der Waals surface area contributed by atoms with Crippen LogP contribution >= 0.6 is 0 Å². The lowest BCUT2D eigenvalue weighted by Gasteiger charge is -2.13. The second-order valence-electron chi connectivity index (χ2n) is 5.73. The van der Waals surface area contributed by atoms with E-state index in [0.29, 0.717) is 37.8 Å². The van der Waals surface area contributed by atoms with Crippen LogP contribution in [-0.4, -0.2) is 33.0 Å². The van der Waals surface area contributed by atoms with Gasteiger partial charge in [0.05, 0.1) is 18.9 Å². The quantitative estimate of drug-likeness (QED) is 0.670. The topological polar surface area (TPSA) is 68.8 Å². The molecule has 2 rings (SSSR count). The maximum absolute atomic E-state index is 12.2. The SMILES string of the molecule is CCOc1cc(C)ccc1NC(=O)NCc1ccc(OCCOC)cc1. The summed E-state index contributed by atoms with van der Waals surface area (Å²) in [5, 5.41) is 5.66. The Bertz CT molecular complexity index is 701. The Morgan fingerprint density at radius 1 is 1.04 bits per heavy atom. The van der Waals surface area contributed by atoms with Crippen LogP contribution in [0.1, 0.15) is 18.1 Å². The summed E-state index contributed by atoms with van der Waals surface area (Å²) >= 11 is 0. The number of nitrogens with one attached hydrogen (secondary N) is 2. The molecular weight excluding hydrogens is 332 g/mol. The molecule has 140 valence electrons. The average molecular weight is 358 g/mol. The minimum atomic E-state index is -0.282. The molecule has 0 aliphatic carbocycles. The molecule has 6 heteroatoms. The average Bonchev–Trinajstić information content (AvgIpc) is 2.64. The molecule has 0 spiro atoms. The highest BCUT2D eigenvalue weighted by Crippen LogP contribution is 2.25. The van der Waals surface area contributed by atoms with Crippen LogP contribution in [0.4, 0.5) is 10.5 Å². The van der Waals surface area contributed by atoms with Gasteiger partial charge in [-0.05, 0) is 49.2 Å². The Balaban J connectivity index is 1.85. The van der Waals surface area contributed by atoms with Crippen LogP contribution in [0.25, 0.3) is 0 Å². The minimum absolute atomic E-state index is 0.282. The summed E-state index contributed by atoms with van der Waals surface area (Å²) in [5.74, 6) is 1.44. The van der Waals surface area contributed by atoms with Crippen molar-refractivity contribution in [2.75, 3.05) is 32.2 Å². The second kappa shape index (κ2) is 10.3. The minimum Gasteiger partial charge on any atom is -0.492 e. The van der Waals surface area contributed by atoms with Crippen LogP contribution in [-0.2, 0) is 11.3 Å². The van der Waals surface area contributed by atoms with Crippen molar-refractivity contribution in [2.45, 2.75) is 20.4 Å². The van der Waals surface area contributed by atoms with Crippen molar-refractivity contribution in [3.05, 3.63) is 53.6 Å². The summed E-state index contributed by atoms with van der Waals surface area (Å²) in [4.78, 5) is 12.2. The van der Waals surface area contributed by atoms with E-state index >= 15 is 0 Å². The van der Waals surface area contributed by atoms with Gasteiger partial charge in [-0.3, -0.25) is 0 Å². The van der Waals surface area contributed by atoms with Crippen molar-refractivity contribution < 1.29 is 19.0 Å². The summed E-state index contributed by atoms with van der Waals surface area (Å²) in [6.07, 6.45) is 0. The molecule has 0 aliphatic heterocycles. The predicted molar refractivity (Wildman–Crippen MR) is 102 cm³/mol. The second-order valence-corrected chi connectivity index (χ2v) is 5.73. The highest BCUT2D eigenvalue weighted by Gasteiger charge is 2.08. The summed E-state index contributed by atoms with van der Waals surface area (Å²) in [5.41, 5.74) is 2.71. The van der Waals surface area contributed by atoms with Crippen LogP contribution < -0.4 is 20.1 Å². The lowest BCUT2D eigenvalue weighted by molar-refractivity contribution is 0.146. The molecule has 2 aromatic rings. The van der Waals surface area contributed by atoms with Crippen LogP contribution in [0.3, 0.4) is 0 Å². The fourth-order valence-corrected chi connectivity index (χ4v) is 2.30. The van der Waals surface area contributed by atoms with Crippen molar-refractivity contribution in [1.29, 1.82) is 0 Å². The molecule has 0 heterocycles. The standard InChI is InChI=1S/C20H26N2O4/c1-4-25-19-13-15(2)5-10-18(19)22-20(23)21-14-16-6-8-17(9-7-16)26-12-11-24-3/h5-10,13H,4,11-12,14H2,1-3H3,(H2,21,22,23). The maximum Gasteiger partial charge on any atom is 0.319 e. The van der Waals surface area contributed by atoms with Gasteiger partial charge < -0.3 is 24.8 Å². The number of hydrogen-bond donors (Lipinski definition) is 2. The van der Waals surface area contributed by atoms with Crippen molar-refractivity contribution in [3.8, 4) is 11.5 Å². The van der Waals surface area contributed by atoms with Gasteiger partial charge in [-0.25, -0.2) is 4.79 Å². The van der Waals surface area contributed by atoms with Gasteiger partial charge in [-0.1, -0.05) is 18.2 Å². The fourth-order valence-electron chi connectivity index (χ4n) is 2.30. The molecule has 0 atom stereocenters. The van der Waals surface area contributed by atoms with E-state index in [-0.39, 0.29) is 6.03 Å². The molecule has 0 aromatic heterocycles. The molecule has 26 heavy (non-hydrogen) atoms. The number of benzene rings is 2. The first kappa shape index (κ1) is 19.6. The van der Waals surface area contributed by atoms with Crippen molar-refractivity contribution >= 4 is 11.7 Å². The van der Waals surface area contributed by atoms with Gasteiger partial charge in [0, 0.05) is 13.7 Å². The van der Waals surface area contributed by atoms with Crippen molar-refractivity contribution in [1.82, 2.24) is 5.32 Å². The van der Waals surface area contributed by atoms with Crippen molar-refractivity contribution in [3.63, 3.8) is 0 Å². The Morgan fingerprint density at radius 2 is 1.81 bits per heavy atom. The van der Waals surface area contributed by atoms with E-state index in [1.165, 1.54) is 0 Å². The van der Waals surface area contributed by atoms with E-state index in [1.807, 2.05) is 56.3 Å². The summed E-state index contributed by atoms with van der Waals surface area (Å²) in [6.45, 7) is 5.91. The van der Waals surface area contributed by atoms with Gasteiger partial charge in [-0.15, -0.1) is 0 Å². The van der Waals surface area contributed by atoms with Crippen molar-refractivity contribution in [2.24, 2.45) is 0 Å². The van der Waals surface area contributed by atoms with E-state index in [9.17, 15) is 4.79 Å². The molecule has 0 saturated heterocycles. The van der Waals surface area contributed by atoms with Crippen LogP contribution in [0.2, 0.25) is 0 Å². The third-order valence-electron chi connectivity index (χ3n) is 3.62. The zero-order valence-corrected chi connectivity index (χ0v) is 15.5. The lowest BCUT2D eigenvalue weighted by atomic mass is 10.2. The highest BCUT2D eigenvalue weighted by atomic mass is 16.5. The van der Waals surface area contributed by atoms with E-state index in [1.54, 1.807) is 7.11 Å². The predicted octanol–water partition coefficient (Wildman–Crippen LogP) is 3.74. The largest absolute Gasteiger partial charge is 0.492 e. The van der Waals surface area contributed by atoms with Crippen LogP contribution in [0, 0.1) is 6.92 Å². The number of aryl methyl sites for hydroxylation is 1. The molecule has 2 amide bonds. The number of amides is 2. The van der Waals surface area contributed by atoms with Gasteiger partial charge in [-0.2, -0.15) is 0 Å². The number of anilines is 1. The third-order valence-corrected chi connectivity index (χ3v) is 3.62. The molecule has 0 saturated carbocycles. The number of hydrogen-bond acceptors (Lipinski definition) is 4. The van der Waals surface area contributed by atoms with Gasteiger partial charge >= 0.3 is 6.03 Å². The zero-order chi connectivity index (χ0) is 18.8. The van der Waals surface area contributed by atoms with Gasteiger partial charge in [0.1, 0.15) is 18.1 Å². The molecular formula is C20H26N2O4. The van der Waals surface area contributed by atoms with Crippen LogP contribution in [0.15, 0.2) is 42.5 Å². The number of rotatable bonds is 9. The molecule has 2 N–H and O–H groups in total. The van der Waals surface area contributed by atoms with E-state index in [2.05, 4.69) is 10.6 Å². The summed E-state index contributed by atoms with van der Waals surface area (Å²) < 4.78 is 16.0. The van der Waals surface area contributed by atoms with Crippen LogP contribution in [0.5, 0.6) is 11.5 Å². The third kappa shape index (κ3) is 6.29. The molecule has 0 bridgehead atoms. The normalized spacial score (nSPS) is 10.3. The molecule has 0 aliphatic rings. The Labute approximate surface area is 154 Å². The Morgan fingerprint density at radius 3 is 2.50 bits per heavy atom. The lowest BCUT2D eigenvalue weighted by Crippen LogP contribution is -2.28. The Kier molecular flexibility index (Phi) is 7.76. The fraction of sp³-hybridized carbons (Fsp3) is 0.350. The highest BCUT2D eigenvalue weighted by molar-refractivity contribution is 5.90.